The molecule has 0 bridgehead atoms. The van der Waals surface area contributed by atoms with Gasteiger partial charge in [0.25, 0.3) is 0 Å². The van der Waals surface area contributed by atoms with Gasteiger partial charge in [0.1, 0.15) is 11.6 Å². The van der Waals surface area contributed by atoms with Gasteiger partial charge in [-0.3, -0.25) is 4.99 Å². The highest BCUT2D eigenvalue weighted by molar-refractivity contribution is 5.98. The van der Waals surface area contributed by atoms with Crippen molar-refractivity contribution in [2.45, 2.75) is 44.6 Å². The lowest BCUT2D eigenvalue weighted by Crippen LogP contribution is -2.32. The number of nitrogens with one attached hydrogen (secondary N) is 1. The number of hydrogen-bond acceptors (Lipinski definition) is 3. The zero-order chi connectivity index (χ0) is 13.5. The van der Waals surface area contributed by atoms with Crippen molar-refractivity contribution in [1.82, 2.24) is 5.43 Å². The Hall–Kier alpha value is -1.55. The Morgan fingerprint density at radius 2 is 1.79 bits per heavy atom. The van der Waals surface area contributed by atoms with Crippen molar-refractivity contribution in [3.05, 3.63) is 29.8 Å². The van der Waals surface area contributed by atoms with Crippen LogP contribution < -0.4 is 16.0 Å². The second-order valence-corrected chi connectivity index (χ2v) is 5.00. The Morgan fingerprint density at radius 3 is 2.32 bits per heavy atom. The van der Waals surface area contributed by atoms with E-state index >= 15 is 0 Å². The summed E-state index contributed by atoms with van der Waals surface area (Å²) in [4.78, 5) is 4.78. The van der Waals surface area contributed by atoms with Crippen molar-refractivity contribution in [2.75, 3.05) is 7.11 Å². The van der Waals surface area contributed by atoms with Crippen LogP contribution in [0.1, 0.15) is 44.1 Å². The van der Waals surface area contributed by atoms with Crippen LogP contribution in [0.25, 0.3) is 0 Å². The zero-order valence-electron chi connectivity index (χ0n) is 11.6. The van der Waals surface area contributed by atoms with Crippen LogP contribution in [0.3, 0.4) is 0 Å². The molecule has 4 heteroatoms. The molecular weight excluding hydrogens is 238 g/mol. The first-order chi connectivity index (χ1) is 9.33. The highest BCUT2D eigenvalue weighted by atomic mass is 16.5. The van der Waals surface area contributed by atoms with Gasteiger partial charge < -0.3 is 10.2 Å². The summed E-state index contributed by atoms with van der Waals surface area (Å²) in [6, 6.07) is 8.21. The minimum absolute atomic E-state index is 0.399. The minimum atomic E-state index is 0.399. The van der Waals surface area contributed by atoms with Crippen LogP contribution in [0.4, 0.5) is 0 Å². The summed E-state index contributed by atoms with van der Waals surface area (Å²) in [7, 11) is 1.66. The van der Waals surface area contributed by atoms with Gasteiger partial charge in [0.2, 0.25) is 0 Å². The van der Waals surface area contributed by atoms with Gasteiger partial charge in [-0.2, -0.15) is 0 Å². The molecule has 0 unspecified atom stereocenters. The fraction of sp³-hybridized carbons (Fsp3) is 0.533. The number of amidine groups is 1. The fourth-order valence-corrected chi connectivity index (χ4v) is 2.51. The van der Waals surface area contributed by atoms with Gasteiger partial charge in [0.15, 0.2) is 0 Å². The molecule has 0 amide bonds. The third kappa shape index (κ3) is 3.96. The van der Waals surface area contributed by atoms with E-state index in [2.05, 4.69) is 5.43 Å². The molecule has 0 saturated heterocycles. The first-order valence-corrected chi connectivity index (χ1v) is 7.02. The van der Waals surface area contributed by atoms with E-state index in [4.69, 9.17) is 15.6 Å². The van der Waals surface area contributed by atoms with E-state index in [9.17, 15) is 0 Å². The molecule has 19 heavy (non-hydrogen) atoms. The Bertz CT molecular complexity index is 406. The number of nitrogens with two attached hydrogens (primary N) is 1. The topological polar surface area (TPSA) is 59.6 Å². The van der Waals surface area contributed by atoms with Crippen LogP contribution in [0.2, 0.25) is 0 Å². The lowest BCUT2D eigenvalue weighted by atomic mass is 10.1. The van der Waals surface area contributed by atoms with E-state index in [1.807, 2.05) is 24.3 Å². The molecule has 1 saturated carbocycles. The van der Waals surface area contributed by atoms with E-state index in [1.54, 1.807) is 7.11 Å². The normalized spacial score (nSPS) is 17.9. The highest BCUT2D eigenvalue weighted by Gasteiger charge is 2.12. The van der Waals surface area contributed by atoms with Crippen LogP contribution in [0.15, 0.2) is 29.3 Å². The molecule has 0 aromatic heterocycles. The van der Waals surface area contributed by atoms with Gasteiger partial charge in [-0.05, 0) is 37.1 Å². The van der Waals surface area contributed by atoms with Crippen molar-refractivity contribution in [1.29, 1.82) is 0 Å². The maximum atomic E-state index is 5.62. The van der Waals surface area contributed by atoms with E-state index in [-0.39, 0.29) is 0 Å². The number of hydrogen-bond donors (Lipinski definition) is 2. The van der Waals surface area contributed by atoms with Gasteiger partial charge in [-0.1, -0.05) is 25.7 Å². The molecule has 2 rings (SSSR count). The summed E-state index contributed by atoms with van der Waals surface area (Å²) in [5, 5.41) is 0. The van der Waals surface area contributed by atoms with E-state index in [0.29, 0.717) is 6.04 Å². The molecule has 0 spiro atoms. The summed E-state index contributed by atoms with van der Waals surface area (Å²) >= 11 is 0. The summed E-state index contributed by atoms with van der Waals surface area (Å²) < 4.78 is 5.16. The maximum Gasteiger partial charge on any atom is 0.142 e. The standard InChI is InChI=1S/C15H23N3O/c1-19-14-10-8-12(9-11-14)15(18-16)17-13-6-4-2-3-5-7-13/h8-11,13H,2-7,16H2,1H3,(H,17,18). The van der Waals surface area contributed by atoms with Gasteiger partial charge >= 0.3 is 0 Å². The lowest BCUT2D eigenvalue weighted by molar-refractivity contribution is 0.415. The molecule has 4 nitrogen and oxygen atoms in total. The Labute approximate surface area is 115 Å². The monoisotopic (exact) mass is 261 g/mol. The summed E-state index contributed by atoms with van der Waals surface area (Å²) in [6.45, 7) is 0. The number of benzene rings is 1. The fourth-order valence-electron chi connectivity index (χ4n) is 2.51. The van der Waals surface area contributed by atoms with Gasteiger partial charge in [-0.15, -0.1) is 0 Å². The summed E-state index contributed by atoms with van der Waals surface area (Å²) in [5.74, 6) is 7.23. The Kier molecular flexibility index (Phi) is 5.21. The zero-order valence-corrected chi connectivity index (χ0v) is 11.6. The van der Waals surface area contributed by atoms with Crippen molar-refractivity contribution in [3.63, 3.8) is 0 Å². The number of aliphatic imine (C=N–C) groups is 1. The molecule has 0 heterocycles. The molecule has 104 valence electrons. The first-order valence-electron chi connectivity index (χ1n) is 7.02. The SMILES string of the molecule is COc1ccc(C(=NC2CCCCCC2)NN)cc1. The molecule has 0 atom stereocenters. The molecule has 1 aliphatic carbocycles. The quantitative estimate of drug-likeness (QED) is 0.289. The van der Waals surface area contributed by atoms with Crippen LogP contribution in [0.5, 0.6) is 5.75 Å². The largest absolute Gasteiger partial charge is 0.497 e. The summed E-state index contributed by atoms with van der Waals surface area (Å²) in [5.41, 5.74) is 3.74. The van der Waals surface area contributed by atoms with E-state index in [0.717, 1.165) is 17.1 Å². The first kappa shape index (κ1) is 13.9. The van der Waals surface area contributed by atoms with E-state index < -0.39 is 0 Å². The molecule has 1 aliphatic rings. The average Bonchev–Trinajstić information content (AvgIpc) is 2.73. The van der Waals surface area contributed by atoms with E-state index in [1.165, 1.54) is 38.5 Å². The smallest absolute Gasteiger partial charge is 0.142 e. The summed E-state index contributed by atoms with van der Waals surface area (Å²) in [6.07, 6.45) is 7.55. The van der Waals surface area contributed by atoms with Crippen molar-refractivity contribution in [3.8, 4) is 5.75 Å². The maximum absolute atomic E-state index is 5.62. The molecule has 1 fully saturated rings. The van der Waals surface area contributed by atoms with Gasteiger partial charge in [0, 0.05) is 5.56 Å². The van der Waals surface area contributed by atoms with Crippen molar-refractivity contribution in [2.24, 2.45) is 10.8 Å². The Balaban J connectivity index is 2.12. The van der Waals surface area contributed by atoms with Crippen molar-refractivity contribution >= 4 is 5.84 Å². The second kappa shape index (κ2) is 7.14. The molecule has 1 aromatic rings. The molecule has 1 aromatic carbocycles. The predicted octanol–water partition coefficient (Wildman–Crippen LogP) is 2.63. The van der Waals surface area contributed by atoms with Crippen LogP contribution in [-0.2, 0) is 0 Å². The number of rotatable bonds is 3. The highest BCUT2D eigenvalue weighted by Crippen LogP contribution is 2.20. The molecule has 3 N–H and O–H groups in total. The lowest BCUT2D eigenvalue weighted by Gasteiger charge is -2.13. The third-order valence-corrected chi connectivity index (χ3v) is 3.64. The number of methoxy groups -OCH3 is 1. The predicted molar refractivity (Wildman–Crippen MR) is 78.3 cm³/mol. The van der Waals surface area contributed by atoms with Crippen LogP contribution in [-0.4, -0.2) is 19.0 Å². The molecule has 0 radical (unpaired) electrons. The van der Waals surface area contributed by atoms with Crippen molar-refractivity contribution < 1.29 is 4.74 Å². The van der Waals surface area contributed by atoms with Crippen LogP contribution in [0, 0.1) is 0 Å². The molecular formula is C15H23N3O. The minimum Gasteiger partial charge on any atom is -0.497 e. The van der Waals surface area contributed by atoms with Gasteiger partial charge in [-0.25, -0.2) is 5.84 Å². The second-order valence-electron chi connectivity index (χ2n) is 5.00. The average molecular weight is 261 g/mol. The number of hydrazine groups is 1. The molecule has 0 aliphatic heterocycles. The van der Waals surface area contributed by atoms with Crippen LogP contribution >= 0.6 is 0 Å². The Morgan fingerprint density at radius 1 is 1.16 bits per heavy atom. The number of nitrogens with zero attached hydrogens (tertiary/aromatic N) is 1. The number of ether oxygens (including phenoxy) is 1. The van der Waals surface area contributed by atoms with Gasteiger partial charge in [0.05, 0.1) is 13.2 Å². The third-order valence-electron chi connectivity index (χ3n) is 3.64.